The third-order valence-electron chi connectivity index (χ3n) is 5.02. The lowest BCUT2D eigenvalue weighted by Gasteiger charge is -2.17. The van der Waals surface area contributed by atoms with E-state index in [9.17, 15) is 34.6 Å². The number of fused-ring (bicyclic) bond motifs is 1. The van der Waals surface area contributed by atoms with Crippen molar-refractivity contribution in [3.63, 3.8) is 0 Å². The summed E-state index contributed by atoms with van der Waals surface area (Å²) in [6.45, 7) is 0. The van der Waals surface area contributed by atoms with Gasteiger partial charge in [0, 0.05) is 6.07 Å². The number of rotatable bonds is 5. The van der Waals surface area contributed by atoms with Gasteiger partial charge in [0.1, 0.15) is 5.56 Å². The highest BCUT2D eigenvalue weighted by Gasteiger charge is 2.43. The zero-order valence-corrected chi connectivity index (χ0v) is 20.2. The summed E-state index contributed by atoms with van der Waals surface area (Å²) in [5, 5.41) is 21.2. The van der Waals surface area contributed by atoms with E-state index < -0.39 is 44.6 Å². The van der Waals surface area contributed by atoms with Crippen LogP contribution in [0.15, 0.2) is 42.5 Å². The van der Waals surface area contributed by atoms with E-state index in [1.165, 1.54) is 24.3 Å². The van der Waals surface area contributed by atoms with Gasteiger partial charge in [-0.2, -0.15) is 0 Å². The summed E-state index contributed by atoms with van der Waals surface area (Å²) in [4.78, 5) is 60.2. The predicted octanol–water partition coefficient (Wildman–Crippen LogP) is 6.14. The van der Waals surface area contributed by atoms with Crippen molar-refractivity contribution >= 4 is 81.2 Å². The van der Waals surface area contributed by atoms with Crippen molar-refractivity contribution in [1.29, 1.82) is 0 Å². The van der Waals surface area contributed by atoms with Crippen molar-refractivity contribution in [2.45, 2.75) is 0 Å². The minimum Gasteiger partial charge on any atom is -0.420 e. The molecule has 3 aromatic carbocycles. The van der Waals surface area contributed by atoms with Gasteiger partial charge in [0.15, 0.2) is 5.75 Å². The van der Waals surface area contributed by atoms with Gasteiger partial charge in [0.05, 0.1) is 52.8 Å². The Balaban J connectivity index is 1.77. The number of hydrogen-bond acceptors (Lipinski definition) is 8. The molecule has 2 amide bonds. The Kier molecular flexibility index (Phi) is 6.58. The van der Waals surface area contributed by atoms with E-state index in [4.69, 9.17) is 51.1 Å². The number of benzene rings is 3. The fraction of sp³-hybridized carbons (Fsp3) is 0. The maximum Gasteiger partial charge on any atom is 0.350 e. The third-order valence-corrected chi connectivity index (χ3v) is 6.82. The van der Waals surface area contributed by atoms with E-state index >= 15 is 0 Å². The SMILES string of the molecule is O=C(Oc1ccccc1N1C(=O)c2c(Cl)c(Cl)c(Cl)c(Cl)c2C1=O)c1ccc([N+](=O)[O-])cc1[N+](=O)[O-]. The van der Waals surface area contributed by atoms with Gasteiger partial charge in [-0.25, -0.2) is 9.69 Å². The Morgan fingerprint density at radius 3 is 1.89 bits per heavy atom. The molecule has 36 heavy (non-hydrogen) atoms. The van der Waals surface area contributed by atoms with Gasteiger partial charge in [-0.05, 0) is 18.2 Å². The summed E-state index contributed by atoms with van der Waals surface area (Å²) < 4.78 is 5.26. The van der Waals surface area contributed by atoms with Crippen LogP contribution in [0.1, 0.15) is 31.1 Å². The van der Waals surface area contributed by atoms with E-state index in [-0.39, 0.29) is 42.7 Å². The summed E-state index contributed by atoms with van der Waals surface area (Å²) >= 11 is 24.3. The number of para-hydroxylation sites is 2. The number of carbonyl (C=O) groups is 3. The molecular formula is C21H7Cl4N3O8. The quantitative estimate of drug-likeness (QED) is 0.0675. The number of nitro groups is 2. The Morgan fingerprint density at radius 2 is 1.36 bits per heavy atom. The zero-order valence-electron chi connectivity index (χ0n) is 17.2. The standard InChI is InChI=1S/C21H7Cl4N3O8/c22-15-13-14(16(23)18(25)17(15)24)20(30)26(19(13)29)10-3-1-2-4-12(10)36-21(31)9-6-5-8(27(32)33)7-11(9)28(34)35/h1-7H. The molecular weight excluding hydrogens is 564 g/mol. The molecule has 0 aliphatic carbocycles. The molecule has 0 N–H and O–H groups in total. The van der Waals surface area contributed by atoms with Gasteiger partial charge in [-0.3, -0.25) is 29.8 Å². The molecule has 0 bridgehead atoms. The lowest BCUT2D eigenvalue weighted by molar-refractivity contribution is -0.394. The second-order valence-electron chi connectivity index (χ2n) is 7.02. The number of ether oxygens (including phenoxy) is 1. The number of hydrogen-bond donors (Lipinski definition) is 0. The topological polar surface area (TPSA) is 150 Å². The van der Waals surface area contributed by atoms with Crippen molar-refractivity contribution in [2.24, 2.45) is 0 Å². The number of carbonyl (C=O) groups excluding carboxylic acids is 3. The maximum absolute atomic E-state index is 13.2. The van der Waals surface area contributed by atoms with Gasteiger partial charge in [0.2, 0.25) is 0 Å². The number of non-ortho nitro benzene ring substituents is 1. The molecule has 1 heterocycles. The van der Waals surface area contributed by atoms with Crippen molar-refractivity contribution in [2.75, 3.05) is 4.90 Å². The summed E-state index contributed by atoms with van der Waals surface area (Å²) in [6.07, 6.45) is 0. The first-order valence-electron chi connectivity index (χ1n) is 9.44. The van der Waals surface area contributed by atoms with Crippen LogP contribution in [0, 0.1) is 20.2 Å². The Bertz CT molecular complexity index is 1500. The highest BCUT2D eigenvalue weighted by atomic mass is 35.5. The van der Waals surface area contributed by atoms with Gasteiger partial charge in [0.25, 0.3) is 23.2 Å². The largest absolute Gasteiger partial charge is 0.420 e. The van der Waals surface area contributed by atoms with E-state index in [0.717, 1.165) is 12.1 Å². The Labute approximate surface area is 220 Å². The van der Waals surface area contributed by atoms with Gasteiger partial charge < -0.3 is 4.74 Å². The average Bonchev–Trinajstić information content (AvgIpc) is 3.11. The minimum atomic E-state index is -1.28. The fourth-order valence-corrected chi connectivity index (χ4v) is 4.42. The molecule has 1 aliphatic rings. The van der Waals surface area contributed by atoms with E-state index in [0.29, 0.717) is 11.0 Å². The normalized spacial score (nSPS) is 12.5. The van der Waals surface area contributed by atoms with Crippen LogP contribution in [0.2, 0.25) is 20.1 Å². The van der Waals surface area contributed by atoms with Crippen LogP contribution >= 0.6 is 46.4 Å². The number of halogens is 4. The van der Waals surface area contributed by atoms with Crippen molar-refractivity contribution in [3.8, 4) is 5.75 Å². The molecule has 11 nitrogen and oxygen atoms in total. The predicted molar refractivity (Wildman–Crippen MR) is 129 cm³/mol. The molecule has 0 fully saturated rings. The van der Waals surface area contributed by atoms with Gasteiger partial charge >= 0.3 is 5.97 Å². The number of esters is 1. The lowest BCUT2D eigenvalue weighted by Crippen LogP contribution is -2.30. The molecule has 0 atom stereocenters. The van der Waals surface area contributed by atoms with E-state index in [1.54, 1.807) is 0 Å². The zero-order chi connectivity index (χ0) is 26.5. The molecule has 1 aliphatic heterocycles. The van der Waals surface area contributed by atoms with Crippen LogP contribution in [-0.4, -0.2) is 27.6 Å². The number of imide groups is 1. The first-order valence-corrected chi connectivity index (χ1v) is 11.0. The van der Waals surface area contributed by atoms with Crippen molar-refractivity contribution in [3.05, 3.63) is 99.5 Å². The fourth-order valence-electron chi connectivity index (χ4n) is 3.41. The van der Waals surface area contributed by atoms with Crippen LogP contribution < -0.4 is 9.64 Å². The molecule has 15 heteroatoms. The third kappa shape index (κ3) is 4.01. The Hall–Kier alpha value is -3.77. The van der Waals surface area contributed by atoms with E-state index in [1.807, 2.05) is 0 Å². The van der Waals surface area contributed by atoms with Crippen LogP contribution in [0.4, 0.5) is 17.1 Å². The van der Waals surface area contributed by atoms with Crippen LogP contribution in [0.3, 0.4) is 0 Å². The molecule has 0 saturated carbocycles. The molecule has 4 rings (SSSR count). The average molecular weight is 571 g/mol. The lowest BCUT2D eigenvalue weighted by atomic mass is 10.1. The summed E-state index contributed by atoms with van der Waals surface area (Å²) in [7, 11) is 0. The number of nitrogens with zero attached hydrogens (tertiary/aromatic N) is 3. The second-order valence-corrected chi connectivity index (χ2v) is 8.54. The number of anilines is 1. The Morgan fingerprint density at radius 1 is 0.806 bits per heavy atom. The van der Waals surface area contributed by atoms with Gasteiger partial charge in [-0.15, -0.1) is 0 Å². The number of amides is 2. The van der Waals surface area contributed by atoms with Crippen LogP contribution in [0.5, 0.6) is 5.75 Å². The summed E-state index contributed by atoms with van der Waals surface area (Å²) in [6, 6.07) is 7.65. The highest BCUT2D eigenvalue weighted by molar-refractivity contribution is 6.56. The maximum atomic E-state index is 13.2. The minimum absolute atomic E-state index is 0.221. The van der Waals surface area contributed by atoms with Crippen molar-refractivity contribution < 1.29 is 29.0 Å². The van der Waals surface area contributed by atoms with Crippen molar-refractivity contribution in [1.82, 2.24) is 0 Å². The summed E-state index contributed by atoms with van der Waals surface area (Å²) in [5.74, 6) is -3.49. The molecule has 0 radical (unpaired) electrons. The van der Waals surface area contributed by atoms with Gasteiger partial charge in [-0.1, -0.05) is 58.5 Å². The molecule has 0 aromatic heterocycles. The molecule has 0 saturated heterocycles. The molecule has 0 spiro atoms. The smallest absolute Gasteiger partial charge is 0.350 e. The highest BCUT2D eigenvalue weighted by Crippen LogP contribution is 2.46. The first-order chi connectivity index (χ1) is 17.0. The van der Waals surface area contributed by atoms with Crippen LogP contribution in [-0.2, 0) is 0 Å². The second kappa shape index (κ2) is 9.36. The number of nitro benzene ring substituents is 2. The van der Waals surface area contributed by atoms with Crippen LogP contribution in [0.25, 0.3) is 0 Å². The first kappa shape index (κ1) is 25.3. The molecule has 0 unspecified atom stereocenters. The monoisotopic (exact) mass is 569 g/mol. The van der Waals surface area contributed by atoms with E-state index in [2.05, 4.69) is 0 Å². The molecule has 3 aromatic rings. The summed E-state index contributed by atoms with van der Waals surface area (Å²) in [5.41, 5.74) is -2.94. The molecule has 182 valence electrons.